The number of benzene rings is 3. The molecule has 8 nitrogen and oxygen atoms in total. The molecule has 0 radical (unpaired) electrons. The molecule has 0 fully saturated rings. The number of nitro benzene ring substituents is 1. The highest BCUT2D eigenvalue weighted by Crippen LogP contribution is 2.44. The first-order chi connectivity index (χ1) is 13.4. The second kappa shape index (κ2) is 6.20. The van der Waals surface area contributed by atoms with Gasteiger partial charge in [-0.1, -0.05) is 18.2 Å². The summed E-state index contributed by atoms with van der Waals surface area (Å²) in [5, 5.41) is 34.2. The minimum atomic E-state index is -0.815. The van der Waals surface area contributed by atoms with Crippen LogP contribution in [0.1, 0.15) is 31.8 Å². The molecule has 1 aliphatic carbocycles. The summed E-state index contributed by atoms with van der Waals surface area (Å²) in [6, 6.07) is 13.0. The lowest BCUT2D eigenvalue weighted by Gasteiger charge is -2.21. The molecule has 0 unspecified atom stereocenters. The Labute approximate surface area is 157 Å². The number of ketones is 2. The summed E-state index contributed by atoms with van der Waals surface area (Å²) >= 11 is 0. The maximum atomic E-state index is 13.1. The van der Waals surface area contributed by atoms with Gasteiger partial charge in [0.1, 0.15) is 11.4 Å². The Morgan fingerprint density at radius 1 is 0.857 bits per heavy atom. The molecule has 1 aliphatic rings. The zero-order valence-corrected chi connectivity index (χ0v) is 14.2. The Bertz CT molecular complexity index is 1170. The molecule has 28 heavy (non-hydrogen) atoms. The lowest BCUT2D eigenvalue weighted by molar-refractivity contribution is -0.384. The van der Waals surface area contributed by atoms with Gasteiger partial charge < -0.3 is 15.5 Å². The molecule has 3 aromatic carbocycles. The van der Waals surface area contributed by atoms with Gasteiger partial charge in [-0.15, -0.1) is 0 Å². The molecule has 3 N–H and O–H groups in total. The summed E-state index contributed by atoms with van der Waals surface area (Å²) < 4.78 is 0. The molecule has 0 atom stereocenters. The molecule has 0 amide bonds. The first-order valence-corrected chi connectivity index (χ1v) is 8.17. The molecule has 0 aromatic heterocycles. The topological polar surface area (TPSA) is 130 Å². The number of nitrogens with one attached hydrogen (secondary N) is 1. The van der Waals surface area contributed by atoms with Crippen LogP contribution in [0.15, 0.2) is 54.6 Å². The number of fused-ring (bicyclic) bond motifs is 2. The van der Waals surface area contributed by atoms with Crippen LogP contribution in [-0.2, 0) is 0 Å². The largest absolute Gasteiger partial charge is 0.508 e. The summed E-state index contributed by atoms with van der Waals surface area (Å²) in [7, 11) is 0. The lowest BCUT2D eigenvalue weighted by atomic mass is 9.82. The van der Waals surface area contributed by atoms with E-state index in [9.17, 15) is 29.9 Å². The van der Waals surface area contributed by atoms with Gasteiger partial charge in [0, 0.05) is 22.4 Å². The number of anilines is 2. The predicted molar refractivity (Wildman–Crippen MR) is 99.5 cm³/mol. The molecule has 0 aliphatic heterocycles. The van der Waals surface area contributed by atoms with Gasteiger partial charge in [0.2, 0.25) is 0 Å². The van der Waals surface area contributed by atoms with E-state index in [1.165, 1.54) is 12.1 Å². The third-order valence-electron chi connectivity index (χ3n) is 4.47. The van der Waals surface area contributed by atoms with E-state index in [0.29, 0.717) is 5.69 Å². The normalized spacial score (nSPS) is 12.3. The maximum absolute atomic E-state index is 13.1. The third kappa shape index (κ3) is 2.55. The molecular weight excluding hydrogens is 364 g/mol. The fourth-order valence-electron chi connectivity index (χ4n) is 3.24. The van der Waals surface area contributed by atoms with Gasteiger partial charge in [0.05, 0.1) is 10.5 Å². The summed E-state index contributed by atoms with van der Waals surface area (Å²) in [6.45, 7) is 0. The van der Waals surface area contributed by atoms with Crippen molar-refractivity contribution in [2.75, 3.05) is 5.32 Å². The lowest BCUT2D eigenvalue weighted by Crippen LogP contribution is -2.22. The molecule has 0 saturated heterocycles. The number of para-hydroxylation sites is 1. The number of carbonyl (C=O) groups is 2. The number of nitro groups is 1. The highest BCUT2D eigenvalue weighted by atomic mass is 16.6. The van der Waals surface area contributed by atoms with E-state index in [0.717, 1.165) is 12.1 Å². The van der Waals surface area contributed by atoms with E-state index >= 15 is 0 Å². The van der Waals surface area contributed by atoms with Gasteiger partial charge in [0.25, 0.3) is 0 Å². The molecule has 8 heteroatoms. The molecule has 4 rings (SSSR count). The molecule has 3 aromatic rings. The number of hydrogen-bond acceptors (Lipinski definition) is 7. The molecule has 0 spiro atoms. The smallest absolute Gasteiger partial charge is 0.334 e. The van der Waals surface area contributed by atoms with Crippen LogP contribution < -0.4 is 5.32 Å². The standard InChI is InChI=1S/C20H12N2O6/c23-11-6-7-12-13(8-11)19(25)14-9-15(24)18(22(27)28)17(16(14)20(12)26)21-10-4-2-1-3-5-10/h1-9,21,23-24H. The number of aromatic hydroxyl groups is 2. The Hall–Kier alpha value is -4.20. The molecular formula is C20H12N2O6. The maximum Gasteiger partial charge on any atom is 0.334 e. The van der Waals surface area contributed by atoms with Crippen LogP contribution in [0, 0.1) is 10.1 Å². The minimum Gasteiger partial charge on any atom is -0.508 e. The fourth-order valence-corrected chi connectivity index (χ4v) is 3.24. The van der Waals surface area contributed by atoms with Gasteiger partial charge in [-0.3, -0.25) is 19.7 Å². The average Bonchev–Trinajstić information content (AvgIpc) is 2.66. The SMILES string of the molecule is O=C1c2cc(O)ccc2C(=O)c2c1cc(O)c([N+](=O)[O-])c2Nc1ccccc1. The Balaban J connectivity index is 2.02. The van der Waals surface area contributed by atoms with E-state index in [4.69, 9.17) is 0 Å². The van der Waals surface area contributed by atoms with Gasteiger partial charge in [-0.25, -0.2) is 0 Å². The van der Waals surface area contributed by atoms with Gasteiger partial charge in [-0.2, -0.15) is 0 Å². The predicted octanol–water partition coefficient (Wildman–Crippen LogP) is 3.53. The molecule has 0 bridgehead atoms. The van der Waals surface area contributed by atoms with E-state index in [1.807, 2.05) is 0 Å². The number of carbonyl (C=O) groups excluding carboxylic acids is 2. The summed E-state index contributed by atoms with van der Waals surface area (Å²) in [5.74, 6) is -2.18. The number of hydrogen-bond donors (Lipinski definition) is 3. The van der Waals surface area contributed by atoms with Crippen LogP contribution in [0.4, 0.5) is 17.1 Å². The molecule has 138 valence electrons. The van der Waals surface area contributed by atoms with Gasteiger partial charge in [0.15, 0.2) is 17.3 Å². The molecule has 0 saturated carbocycles. The Morgan fingerprint density at radius 3 is 2.25 bits per heavy atom. The van der Waals surface area contributed by atoms with Crippen molar-refractivity contribution in [1.82, 2.24) is 0 Å². The van der Waals surface area contributed by atoms with E-state index in [-0.39, 0.29) is 33.7 Å². The third-order valence-corrected chi connectivity index (χ3v) is 4.47. The van der Waals surface area contributed by atoms with Crippen LogP contribution in [0.2, 0.25) is 0 Å². The quantitative estimate of drug-likeness (QED) is 0.368. The van der Waals surface area contributed by atoms with Crippen LogP contribution in [0.3, 0.4) is 0 Å². The second-order valence-electron chi connectivity index (χ2n) is 6.18. The van der Waals surface area contributed by atoms with Crippen molar-refractivity contribution in [2.45, 2.75) is 0 Å². The van der Waals surface area contributed by atoms with E-state index in [2.05, 4.69) is 5.32 Å². The van der Waals surface area contributed by atoms with Crippen molar-refractivity contribution in [3.05, 3.63) is 87.0 Å². The number of rotatable bonds is 3. The van der Waals surface area contributed by atoms with Crippen molar-refractivity contribution in [3.8, 4) is 11.5 Å². The summed E-state index contributed by atoms with van der Waals surface area (Å²) in [6.07, 6.45) is 0. The second-order valence-corrected chi connectivity index (χ2v) is 6.18. The van der Waals surface area contributed by atoms with Crippen LogP contribution in [0.25, 0.3) is 0 Å². The van der Waals surface area contributed by atoms with Crippen LogP contribution in [-0.4, -0.2) is 26.7 Å². The average molecular weight is 376 g/mol. The summed E-state index contributed by atoms with van der Waals surface area (Å²) in [4.78, 5) is 36.7. The van der Waals surface area contributed by atoms with Gasteiger partial charge in [-0.05, 0) is 36.4 Å². The summed E-state index contributed by atoms with van der Waals surface area (Å²) in [5.41, 5.74) is -0.909. The van der Waals surface area contributed by atoms with E-state index < -0.39 is 27.9 Å². The Kier molecular flexibility index (Phi) is 3.82. The van der Waals surface area contributed by atoms with Gasteiger partial charge >= 0.3 is 5.69 Å². The van der Waals surface area contributed by atoms with Crippen LogP contribution in [0.5, 0.6) is 11.5 Å². The van der Waals surface area contributed by atoms with Crippen molar-refractivity contribution < 1.29 is 24.7 Å². The highest BCUT2D eigenvalue weighted by Gasteiger charge is 2.37. The monoisotopic (exact) mass is 376 g/mol. The number of nitrogens with zero attached hydrogens (tertiary/aromatic N) is 1. The number of phenolic OH excluding ortho intramolecular Hbond substituents is 2. The first kappa shape index (κ1) is 17.2. The van der Waals surface area contributed by atoms with Crippen LogP contribution >= 0.6 is 0 Å². The number of phenols is 2. The minimum absolute atomic E-state index is 0.0198. The van der Waals surface area contributed by atoms with Crippen molar-refractivity contribution in [3.63, 3.8) is 0 Å². The molecule has 0 heterocycles. The zero-order chi connectivity index (χ0) is 20.0. The fraction of sp³-hybridized carbons (Fsp3) is 0. The highest BCUT2D eigenvalue weighted by molar-refractivity contribution is 6.31. The first-order valence-electron chi connectivity index (χ1n) is 8.17. The van der Waals surface area contributed by atoms with Crippen molar-refractivity contribution in [1.29, 1.82) is 0 Å². The van der Waals surface area contributed by atoms with E-state index in [1.54, 1.807) is 30.3 Å². The van der Waals surface area contributed by atoms with Crippen molar-refractivity contribution >= 4 is 28.6 Å². The Morgan fingerprint density at radius 2 is 1.57 bits per heavy atom. The zero-order valence-electron chi connectivity index (χ0n) is 14.2. The van der Waals surface area contributed by atoms with Crippen molar-refractivity contribution in [2.24, 2.45) is 0 Å².